The first-order chi connectivity index (χ1) is 10.2. The molecule has 2 rings (SSSR count). The van der Waals surface area contributed by atoms with Gasteiger partial charge in [0.15, 0.2) is 0 Å². The number of aryl methyl sites for hydroxylation is 2. The molecule has 1 aromatic heterocycles. The summed E-state index contributed by atoms with van der Waals surface area (Å²) in [7, 11) is 1.95. The average molecular weight is 287 g/mol. The summed E-state index contributed by atoms with van der Waals surface area (Å²) in [5.41, 5.74) is 3.60. The fourth-order valence-electron chi connectivity index (χ4n) is 2.20. The van der Waals surface area contributed by atoms with Gasteiger partial charge in [0, 0.05) is 31.9 Å². The summed E-state index contributed by atoms with van der Waals surface area (Å²) in [6.45, 7) is 6.70. The second-order valence-corrected chi connectivity index (χ2v) is 5.36. The summed E-state index contributed by atoms with van der Waals surface area (Å²) in [6, 6.07) is 8.32. The van der Waals surface area contributed by atoms with Crippen molar-refractivity contribution in [3.63, 3.8) is 0 Å². The summed E-state index contributed by atoms with van der Waals surface area (Å²) in [4.78, 5) is 0. The van der Waals surface area contributed by atoms with Crippen molar-refractivity contribution in [2.24, 2.45) is 7.05 Å². The van der Waals surface area contributed by atoms with Crippen molar-refractivity contribution < 1.29 is 4.74 Å². The predicted molar refractivity (Wildman–Crippen MR) is 85.3 cm³/mol. The zero-order valence-electron chi connectivity index (χ0n) is 13.2. The van der Waals surface area contributed by atoms with Crippen LogP contribution in [0.4, 0.5) is 0 Å². The zero-order chi connectivity index (χ0) is 15.1. The Morgan fingerprint density at radius 1 is 1.19 bits per heavy atom. The number of benzene rings is 1. The summed E-state index contributed by atoms with van der Waals surface area (Å²) in [5, 5.41) is 7.79. The maximum absolute atomic E-state index is 5.66. The monoisotopic (exact) mass is 287 g/mol. The van der Waals surface area contributed by atoms with E-state index in [9.17, 15) is 0 Å². The number of nitrogens with one attached hydrogen (secondary N) is 1. The van der Waals surface area contributed by atoms with E-state index in [2.05, 4.69) is 35.7 Å². The van der Waals surface area contributed by atoms with Gasteiger partial charge in [-0.05, 0) is 31.0 Å². The van der Waals surface area contributed by atoms with Crippen molar-refractivity contribution in [3.8, 4) is 5.75 Å². The van der Waals surface area contributed by atoms with Crippen molar-refractivity contribution >= 4 is 0 Å². The molecule has 0 bridgehead atoms. The number of unbranched alkanes of at least 4 members (excludes halogenated alkanes) is 1. The van der Waals surface area contributed by atoms with E-state index >= 15 is 0 Å². The van der Waals surface area contributed by atoms with Gasteiger partial charge >= 0.3 is 0 Å². The van der Waals surface area contributed by atoms with Gasteiger partial charge in [-0.25, -0.2) is 0 Å². The second-order valence-electron chi connectivity index (χ2n) is 5.36. The Bertz CT molecular complexity index is 546. The van der Waals surface area contributed by atoms with Gasteiger partial charge in [0.2, 0.25) is 0 Å². The molecular formula is C17H25N3O. The van der Waals surface area contributed by atoms with Crippen LogP contribution >= 0.6 is 0 Å². The van der Waals surface area contributed by atoms with Gasteiger partial charge in [-0.1, -0.05) is 25.5 Å². The molecule has 1 heterocycles. The Kier molecular flexibility index (Phi) is 5.81. The Balaban J connectivity index is 1.77. The molecule has 0 amide bonds. The molecule has 0 unspecified atom stereocenters. The fourth-order valence-corrected chi connectivity index (χ4v) is 2.20. The minimum atomic E-state index is 0.800. The first-order valence-corrected chi connectivity index (χ1v) is 7.60. The number of hydrogen-bond acceptors (Lipinski definition) is 3. The van der Waals surface area contributed by atoms with Gasteiger partial charge in [-0.2, -0.15) is 5.10 Å². The molecule has 0 radical (unpaired) electrons. The van der Waals surface area contributed by atoms with E-state index in [1.165, 1.54) is 11.1 Å². The lowest BCUT2D eigenvalue weighted by Gasteiger charge is -2.07. The van der Waals surface area contributed by atoms with Crippen LogP contribution in [-0.4, -0.2) is 16.4 Å². The lowest BCUT2D eigenvalue weighted by Crippen LogP contribution is -2.12. The molecule has 21 heavy (non-hydrogen) atoms. The number of aromatic nitrogens is 2. The van der Waals surface area contributed by atoms with Crippen LogP contribution in [0.5, 0.6) is 5.75 Å². The SMILES string of the molecule is CCCCOc1ccc(CNCc2cn(C)nc2C)cc1. The Morgan fingerprint density at radius 2 is 1.95 bits per heavy atom. The van der Waals surface area contributed by atoms with E-state index in [-0.39, 0.29) is 0 Å². The van der Waals surface area contributed by atoms with Gasteiger partial charge in [-0.3, -0.25) is 4.68 Å². The fraction of sp³-hybridized carbons (Fsp3) is 0.471. The standard InChI is InChI=1S/C17H25N3O/c1-4-5-10-21-17-8-6-15(7-9-17)11-18-12-16-13-20(3)19-14(16)2/h6-9,13,18H,4-5,10-12H2,1-3H3. The van der Waals surface area contributed by atoms with Crippen LogP contribution in [0.25, 0.3) is 0 Å². The van der Waals surface area contributed by atoms with E-state index in [1.54, 1.807) is 0 Å². The number of ether oxygens (including phenoxy) is 1. The molecule has 4 heteroatoms. The van der Waals surface area contributed by atoms with Crippen molar-refractivity contribution in [3.05, 3.63) is 47.3 Å². The third-order valence-electron chi connectivity index (χ3n) is 3.45. The summed E-state index contributed by atoms with van der Waals surface area (Å²) in [5.74, 6) is 0.954. The van der Waals surface area contributed by atoms with Crippen molar-refractivity contribution in [2.45, 2.75) is 39.8 Å². The van der Waals surface area contributed by atoms with Crippen LogP contribution in [0, 0.1) is 6.92 Å². The highest BCUT2D eigenvalue weighted by Crippen LogP contribution is 2.13. The summed E-state index contributed by atoms with van der Waals surface area (Å²) < 4.78 is 7.52. The molecule has 0 aliphatic carbocycles. The molecule has 1 aromatic carbocycles. The van der Waals surface area contributed by atoms with Gasteiger partial charge < -0.3 is 10.1 Å². The van der Waals surface area contributed by atoms with Crippen LogP contribution in [0.1, 0.15) is 36.6 Å². The zero-order valence-corrected chi connectivity index (χ0v) is 13.2. The third kappa shape index (κ3) is 4.90. The number of rotatable bonds is 8. The van der Waals surface area contributed by atoms with E-state index in [0.29, 0.717) is 0 Å². The highest BCUT2D eigenvalue weighted by molar-refractivity contribution is 5.27. The lowest BCUT2D eigenvalue weighted by atomic mass is 10.2. The van der Waals surface area contributed by atoms with E-state index in [0.717, 1.165) is 44.0 Å². The normalized spacial score (nSPS) is 10.8. The van der Waals surface area contributed by atoms with Gasteiger partial charge in [0.05, 0.1) is 12.3 Å². The van der Waals surface area contributed by atoms with Gasteiger partial charge in [0.1, 0.15) is 5.75 Å². The minimum Gasteiger partial charge on any atom is -0.494 e. The highest BCUT2D eigenvalue weighted by atomic mass is 16.5. The Labute approximate surface area is 127 Å². The molecule has 0 saturated heterocycles. The molecule has 0 fully saturated rings. The van der Waals surface area contributed by atoms with Gasteiger partial charge in [-0.15, -0.1) is 0 Å². The van der Waals surface area contributed by atoms with Crippen molar-refractivity contribution in [1.29, 1.82) is 0 Å². The molecule has 4 nitrogen and oxygen atoms in total. The van der Waals surface area contributed by atoms with E-state index in [4.69, 9.17) is 4.74 Å². The van der Waals surface area contributed by atoms with Gasteiger partial charge in [0.25, 0.3) is 0 Å². The summed E-state index contributed by atoms with van der Waals surface area (Å²) in [6.07, 6.45) is 4.33. The predicted octanol–water partition coefficient (Wildman–Crippen LogP) is 3.20. The van der Waals surface area contributed by atoms with Crippen LogP contribution in [0.2, 0.25) is 0 Å². The Morgan fingerprint density at radius 3 is 2.57 bits per heavy atom. The van der Waals surface area contributed by atoms with Crippen LogP contribution in [-0.2, 0) is 20.1 Å². The highest BCUT2D eigenvalue weighted by Gasteiger charge is 2.02. The van der Waals surface area contributed by atoms with Crippen molar-refractivity contribution in [2.75, 3.05) is 6.61 Å². The quantitative estimate of drug-likeness (QED) is 0.758. The van der Waals surface area contributed by atoms with Crippen LogP contribution < -0.4 is 10.1 Å². The average Bonchev–Trinajstić information content (AvgIpc) is 2.79. The number of hydrogen-bond donors (Lipinski definition) is 1. The van der Waals surface area contributed by atoms with E-state index in [1.807, 2.05) is 30.8 Å². The molecule has 0 atom stereocenters. The first kappa shape index (κ1) is 15.6. The molecule has 0 saturated carbocycles. The second kappa shape index (κ2) is 7.84. The topological polar surface area (TPSA) is 39.1 Å². The molecule has 0 aliphatic heterocycles. The minimum absolute atomic E-state index is 0.800. The smallest absolute Gasteiger partial charge is 0.119 e. The third-order valence-corrected chi connectivity index (χ3v) is 3.45. The maximum Gasteiger partial charge on any atom is 0.119 e. The Hall–Kier alpha value is -1.81. The molecular weight excluding hydrogens is 262 g/mol. The molecule has 1 N–H and O–H groups in total. The van der Waals surface area contributed by atoms with Crippen LogP contribution in [0.3, 0.4) is 0 Å². The lowest BCUT2D eigenvalue weighted by molar-refractivity contribution is 0.309. The molecule has 114 valence electrons. The maximum atomic E-state index is 5.66. The largest absolute Gasteiger partial charge is 0.494 e. The number of nitrogens with zero attached hydrogens (tertiary/aromatic N) is 2. The molecule has 2 aromatic rings. The summed E-state index contributed by atoms with van der Waals surface area (Å²) >= 11 is 0. The molecule has 0 spiro atoms. The van der Waals surface area contributed by atoms with Crippen molar-refractivity contribution in [1.82, 2.24) is 15.1 Å². The molecule has 0 aliphatic rings. The van der Waals surface area contributed by atoms with E-state index < -0.39 is 0 Å². The van der Waals surface area contributed by atoms with Crippen LogP contribution in [0.15, 0.2) is 30.5 Å². The first-order valence-electron chi connectivity index (χ1n) is 7.60.